The van der Waals surface area contributed by atoms with Crippen molar-refractivity contribution in [3.8, 4) is 0 Å². The van der Waals surface area contributed by atoms with Crippen LogP contribution in [0.25, 0.3) is 0 Å². The fourth-order valence-electron chi connectivity index (χ4n) is 1.24. The Morgan fingerprint density at radius 1 is 1.29 bits per heavy atom. The molecular formula is C11H26IN3O2. The van der Waals surface area contributed by atoms with Gasteiger partial charge in [-0.1, -0.05) is 0 Å². The Balaban J connectivity index is 0. The Morgan fingerprint density at radius 2 is 2.00 bits per heavy atom. The van der Waals surface area contributed by atoms with Gasteiger partial charge in [-0.3, -0.25) is 4.99 Å². The highest BCUT2D eigenvalue weighted by Crippen LogP contribution is 1.86. The second kappa shape index (κ2) is 14.0. The number of guanidine groups is 1. The molecule has 0 bridgehead atoms. The average Bonchev–Trinajstić information content (AvgIpc) is 2.25. The van der Waals surface area contributed by atoms with Crippen LogP contribution in [0.15, 0.2) is 4.99 Å². The Morgan fingerprint density at radius 3 is 2.53 bits per heavy atom. The average molecular weight is 359 g/mol. The number of hydrogen-bond acceptors (Lipinski definition) is 3. The number of ether oxygens (including phenoxy) is 2. The summed E-state index contributed by atoms with van der Waals surface area (Å²) in [6.45, 7) is 7.15. The largest absolute Gasteiger partial charge is 0.385 e. The normalized spacial score (nSPS) is 12.8. The summed E-state index contributed by atoms with van der Waals surface area (Å²) >= 11 is 0. The van der Waals surface area contributed by atoms with E-state index in [9.17, 15) is 0 Å². The van der Waals surface area contributed by atoms with Gasteiger partial charge in [-0.05, 0) is 20.3 Å². The van der Waals surface area contributed by atoms with Crippen LogP contribution in [0.2, 0.25) is 0 Å². The summed E-state index contributed by atoms with van der Waals surface area (Å²) in [5.41, 5.74) is 0. The molecule has 0 aliphatic carbocycles. The second-order valence-corrected chi connectivity index (χ2v) is 3.61. The Labute approximate surface area is 122 Å². The van der Waals surface area contributed by atoms with Crippen LogP contribution in [0, 0.1) is 0 Å². The lowest BCUT2D eigenvalue weighted by atomic mass is 10.4. The number of rotatable bonds is 8. The third-order valence-corrected chi connectivity index (χ3v) is 1.92. The van der Waals surface area contributed by atoms with E-state index in [1.165, 1.54) is 0 Å². The van der Waals surface area contributed by atoms with Crippen LogP contribution < -0.4 is 10.6 Å². The van der Waals surface area contributed by atoms with Gasteiger partial charge in [0.2, 0.25) is 0 Å². The van der Waals surface area contributed by atoms with Gasteiger partial charge < -0.3 is 20.1 Å². The number of aliphatic imine (C=N–C) groups is 1. The number of halogens is 1. The highest BCUT2D eigenvalue weighted by Gasteiger charge is 2.03. The minimum absolute atomic E-state index is 0. The molecule has 104 valence electrons. The quantitative estimate of drug-likeness (QED) is 0.296. The predicted octanol–water partition coefficient (Wildman–Crippen LogP) is 1.23. The standard InChI is InChI=1S/C11H25N3O2.HI/c1-5-12-11(13-7-6-8-15-3)14-10(2)9-16-4;/h10H,5-9H2,1-4H3,(H2,12,13,14);1H. The van der Waals surface area contributed by atoms with Crippen LogP contribution in [-0.4, -0.2) is 52.5 Å². The van der Waals surface area contributed by atoms with Crippen molar-refractivity contribution in [2.24, 2.45) is 4.99 Å². The van der Waals surface area contributed by atoms with E-state index in [1.54, 1.807) is 14.2 Å². The van der Waals surface area contributed by atoms with Crippen molar-refractivity contribution in [3.63, 3.8) is 0 Å². The van der Waals surface area contributed by atoms with Crippen LogP contribution >= 0.6 is 24.0 Å². The molecule has 0 spiro atoms. The molecule has 0 amide bonds. The van der Waals surface area contributed by atoms with Gasteiger partial charge in [-0.15, -0.1) is 24.0 Å². The van der Waals surface area contributed by atoms with Gasteiger partial charge in [0.1, 0.15) is 0 Å². The molecule has 0 fully saturated rings. The van der Waals surface area contributed by atoms with Crippen molar-refractivity contribution in [2.45, 2.75) is 26.3 Å². The van der Waals surface area contributed by atoms with E-state index in [4.69, 9.17) is 9.47 Å². The number of hydrogen-bond donors (Lipinski definition) is 2. The zero-order valence-electron chi connectivity index (χ0n) is 11.3. The molecule has 0 saturated heterocycles. The fourth-order valence-corrected chi connectivity index (χ4v) is 1.24. The molecule has 0 aromatic rings. The molecule has 5 nitrogen and oxygen atoms in total. The van der Waals surface area contributed by atoms with Gasteiger partial charge in [0, 0.05) is 40.0 Å². The highest BCUT2D eigenvalue weighted by atomic mass is 127. The number of nitrogens with one attached hydrogen (secondary N) is 2. The Kier molecular flexibility index (Phi) is 15.8. The van der Waals surface area contributed by atoms with Crippen molar-refractivity contribution < 1.29 is 9.47 Å². The van der Waals surface area contributed by atoms with E-state index in [-0.39, 0.29) is 30.0 Å². The molecule has 2 N–H and O–H groups in total. The van der Waals surface area contributed by atoms with Gasteiger partial charge in [-0.2, -0.15) is 0 Å². The topological polar surface area (TPSA) is 54.9 Å². The van der Waals surface area contributed by atoms with Gasteiger partial charge in [0.25, 0.3) is 0 Å². The van der Waals surface area contributed by atoms with Gasteiger partial charge in [0.05, 0.1) is 6.61 Å². The molecule has 0 radical (unpaired) electrons. The molecule has 0 aromatic carbocycles. The molecule has 1 unspecified atom stereocenters. The van der Waals surface area contributed by atoms with Crippen LogP contribution in [0.1, 0.15) is 20.3 Å². The van der Waals surface area contributed by atoms with E-state index < -0.39 is 0 Å². The number of methoxy groups -OCH3 is 2. The molecule has 0 rings (SSSR count). The minimum Gasteiger partial charge on any atom is -0.385 e. The van der Waals surface area contributed by atoms with Crippen LogP contribution in [0.5, 0.6) is 0 Å². The third kappa shape index (κ3) is 12.2. The monoisotopic (exact) mass is 359 g/mol. The Hall–Kier alpha value is -0.0800. The van der Waals surface area contributed by atoms with Gasteiger partial charge in [-0.25, -0.2) is 0 Å². The van der Waals surface area contributed by atoms with Crippen molar-refractivity contribution in [1.29, 1.82) is 0 Å². The minimum atomic E-state index is 0. The van der Waals surface area contributed by atoms with Crippen molar-refractivity contribution in [2.75, 3.05) is 40.5 Å². The molecule has 6 heteroatoms. The first kappa shape index (κ1) is 19.3. The van der Waals surface area contributed by atoms with E-state index in [0.29, 0.717) is 6.61 Å². The van der Waals surface area contributed by atoms with Crippen LogP contribution in [0.3, 0.4) is 0 Å². The maximum atomic E-state index is 5.06. The third-order valence-electron chi connectivity index (χ3n) is 1.92. The molecule has 0 saturated carbocycles. The summed E-state index contributed by atoms with van der Waals surface area (Å²) in [6, 6.07) is 0.255. The molecule has 0 aliphatic heterocycles. The molecule has 0 heterocycles. The first-order valence-corrected chi connectivity index (χ1v) is 5.77. The first-order valence-electron chi connectivity index (χ1n) is 5.77. The summed E-state index contributed by atoms with van der Waals surface area (Å²) in [6.07, 6.45) is 0.936. The van der Waals surface area contributed by atoms with Crippen LogP contribution in [0.4, 0.5) is 0 Å². The van der Waals surface area contributed by atoms with E-state index in [2.05, 4.69) is 22.5 Å². The second-order valence-electron chi connectivity index (χ2n) is 3.61. The highest BCUT2D eigenvalue weighted by molar-refractivity contribution is 14.0. The lowest BCUT2D eigenvalue weighted by molar-refractivity contribution is 0.179. The van der Waals surface area contributed by atoms with Gasteiger partial charge >= 0.3 is 0 Å². The van der Waals surface area contributed by atoms with E-state index in [1.807, 2.05) is 6.92 Å². The van der Waals surface area contributed by atoms with Crippen molar-refractivity contribution >= 4 is 29.9 Å². The lowest BCUT2D eigenvalue weighted by Gasteiger charge is -2.16. The van der Waals surface area contributed by atoms with E-state index in [0.717, 1.165) is 32.1 Å². The van der Waals surface area contributed by atoms with Crippen LogP contribution in [-0.2, 0) is 9.47 Å². The maximum absolute atomic E-state index is 5.06. The number of nitrogens with zero attached hydrogens (tertiary/aromatic N) is 1. The van der Waals surface area contributed by atoms with Crippen molar-refractivity contribution in [1.82, 2.24) is 10.6 Å². The molecular weight excluding hydrogens is 333 g/mol. The Bertz CT molecular complexity index is 192. The predicted molar refractivity (Wildman–Crippen MR) is 82.4 cm³/mol. The summed E-state index contributed by atoms with van der Waals surface area (Å²) in [7, 11) is 3.40. The summed E-state index contributed by atoms with van der Waals surface area (Å²) < 4.78 is 10.0. The first-order chi connectivity index (χ1) is 7.74. The lowest BCUT2D eigenvalue weighted by Crippen LogP contribution is -2.44. The van der Waals surface area contributed by atoms with E-state index >= 15 is 0 Å². The smallest absolute Gasteiger partial charge is 0.191 e. The van der Waals surface area contributed by atoms with Gasteiger partial charge in [0.15, 0.2) is 5.96 Å². The summed E-state index contributed by atoms with van der Waals surface area (Å²) in [5.74, 6) is 0.836. The summed E-state index contributed by atoms with van der Waals surface area (Å²) in [5, 5.41) is 6.46. The zero-order chi connectivity index (χ0) is 12.2. The molecule has 0 aromatic heterocycles. The molecule has 0 aliphatic rings. The molecule has 17 heavy (non-hydrogen) atoms. The SMILES string of the molecule is CCNC(=NCCCOC)NC(C)COC.I. The fraction of sp³-hybridized carbons (Fsp3) is 0.909. The summed E-state index contributed by atoms with van der Waals surface area (Å²) in [4.78, 5) is 4.43. The molecule has 1 atom stereocenters. The maximum Gasteiger partial charge on any atom is 0.191 e. The van der Waals surface area contributed by atoms with Crippen molar-refractivity contribution in [3.05, 3.63) is 0 Å². The zero-order valence-corrected chi connectivity index (χ0v) is 13.6.